The molecule has 1 heterocycles. The van der Waals surface area contributed by atoms with Crippen molar-refractivity contribution in [2.75, 3.05) is 0 Å². The van der Waals surface area contributed by atoms with Crippen LogP contribution in [0.4, 0.5) is 0 Å². The number of aromatic nitrogens is 1. The molecule has 4 nitrogen and oxygen atoms in total. The van der Waals surface area contributed by atoms with Gasteiger partial charge in [-0.05, 0) is 24.3 Å². The second-order valence-electron chi connectivity index (χ2n) is 3.69. The molecule has 0 atom stereocenters. The van der Waals surface area contributed by atoms with Crippen molar-refractivity contribution in [1.82, 2.24) is 4.98 Å². The summed E-state index contributed by atoms with van der Waals surface area (Å²) in [6.07, 6.45) is 3.26. The van der Waals surface area contributed by atoms with E-state index in [1.165, 1.54) is 0 Å². The molecule has 2 aromatic rings. The fourth-order valence-corrected chi connectivity index (χ4v) is 1.91. The van der Waals surface area contributed by atoms with Gasteiger partial charge in [-0.15, -0.1) is 0 Å². The van der Waals surface area contributed by atoms with Crippen LogP contribution in [0.2, 0.25) is 10.0 Å². The maximum atomic E-state index is 6.01. The van der Waals surface area contributed by atoms with E-state index < -0.39 is 0 Å². The van der Waals surface area contributed by atoms with Crippen LogP contribution < -0.4 is 5.73 Å². The lowest BCUT2D eigenvalue weighted by Crippen LogP contribution is -2.14. The molecular weight excluding hydrogens is 285 g/mol. The van der Waals surface area contributed by atoms with Crippen molar-refractivity contribution in [3.05, 3.63) is 63.9 Å². The maximum absolute atomic E-state index is 6.01. The average molecular weight is 296 g/mol. The Morgan fingerprint density at radius 3 is 2.58 bits per heavy atom. The van der Waals surface area contributed by atoms with Crippen LogP contribution in [-0.2, 0) is 11.4 Å². The minimum atomic E-state index is 0.152. The maximum Gasteiger partial charge on any atom is 0.171 e. The third kappa shape index (κ3) is 3.59. The molecule has 6 heteroatoms. The van der Waals surface area contributed by atoms with Crippen molar-refractivity contribution in [2.24, 2.45) is 10.9 Å². The Labute approximate surface area is 120 Å². The number of nitrogens with zero attached hydrogens (tertiary/aromatic N) is 2. The number of hydrogen-bond donors (Lipinski definition) is 1. The summed E-state index contributed by atoms with van der Waals surface area (Å²) >= 11 is 12.0. The highest BCUT2D eigenvalue weighted by atomic mass is 35.5. The fraction of sp³-hybridized carbons (Fsp3) is 0.0769. The highest BCUT2D eigenvalue weighted by Crippen LogP contribution is 2.24. The summed E-state index contributed by atoms with van der Waals surface area (Å²) in [5.41, 5.74) is 7.12. The van der Waals surface area contributed by atoms with E-state index in [1.807, 2.05) is 0 Å². The average Bonchev–Trinajstić information content (AvgIpc) is 2.43. The Morgan fingerprint density at radius 2 is 1.95 bits per heavy atom. The summed E-state index contributed by atoms with van der Waals surface area (Å²) in [4.78, 5) is 9.11. The van der Waals surface area contributed by atoms with Gasteiger partial charge in [-0.1, -0.05) is 34.4 Å². The molecule has 19 heavy (non-hydrogen) atoms. The SMILES string of the molecule is NC(=NOCc1c(Cl)cccc1Cl)c1cccnc1. The molecule has 0 radical (unpaired) electrons. The Bertz CT molecular complexity index is 567. The van der Waals surface area contributed by atoms with Crippen LogP contribution in [0.1, 0.15) is 11.1 Å². The standard InChI is InChI=1S/C13H11Cl2N3O/c14-11-4-1-5-12(15)10(11)8-19-18-13(16)9-3-2-6-17-7-9/h1-7H,8H2,(H2,16,18). The first-order valence-corrected chi connectivity index (χ1v) is 6.23. The van der Waals surface area contributed by atoms with Crippen LogP contribution in [0.3, 0.4) is 0 Å². The van der Waals surface area contributed by atoms with Gasteiger partial charge in [-0.2, -0.15) is 0 Å². The molecule has 0 aliphatic carbocycles. The molecule has 1 aromatic heterocycles. The first kappa shape index (κ1) is 13.6. The van der Waals surface area contributed by atoms with Gasteiger partial charge in [0.25, 0.3) is 0 Å². The first-order chi connectivity index (χ1) is 9.18. The molecule has 0 unspecified atom stereocenters. The third-order valence-electron chi connectivity index (χ3n) is 2.39. The second-order valence-corrected chi connectivity index (χ2v) is 4.51. The molecule has 0 saturated heterocycles. The highest BCUT2D eigenvalue weighted by molar-refractivity contribution is 6.35. The molecule has 0 aliphatic rings. The van der Waals surface area contributed by atoms with E-state index in [2.05, 4.69) is 10.1 Å². The molecule has 0 bridgehead atoms. The molecule has 98 valence electrons. The van der Waals surface area contributed by atoms with Crippen LogP contribution >= 0.6 is 23.2 Å². The number of hydrogen-bond acceptors (Lipinski definition) is 3. The number of pyridine rings is 1. The van der Waals surface area contributed by atoms with Crippen LogP contribution in [-0.4, -0.2) is 10.8 Å². The molecule has 0 fully saturated rings. The summed E-state index contributed by atoms with van der Waals surface area (Å²) in [6, 6.07) is 8.79. The van der Waals surface area contributed by atoms with Crippen molar-refractivity contribution in [3.63, 3.8) is 0 Å². The Kier molecular flexibility index (Phi) is 4.60. The minimum absolute atomic E-state index is 0.152. The van der Waals surface area contributed by atoms with Crippen molar-refractivity contribution in [2.45, 2.75) is 6.61 Å². The van der Waals surface area contributed by atoms with E-state index in [0.717, 1.165) is 0 Å². The van der Waals surface area contributed by atoms with Crippen LogP contribution in [0, 0.1) is 0 Å². The number of halogens is 2. The molecule has 0 amide bonds. The van der Waals surface area contributed by atoms with E-state index in [-0.39, 0.29) is 12.4 Å². The van der Waals surface area contributed by atoms with Gasteiger partial charge in [-0.25, -0.2) is 0 Å². The lowest BCUT2D eigenvalue weighted by molar-refractivity contribution is 0.130. The number of rotatable bonds is 4. The van der Waals surface area contributed by atoms with Gasteiger partial charge in [0.1, 0.15) is 6.61 Å². The van der Waals surface area contributed by atoms with E-state index in [4.69, 9.17) is 33.8 Å². The summed E-state index contributed by atoms with van der Waals surface area (Å²) in [7, 11) is 0. The van der Waals surface area contributed by atoms with Gasteiger partial charge < -0.3 is 10.6 Å². The number of amidine groups is 1. The zero-order chi connectivity index (χ0) is 13.7. The summed E-state index contributed by atoms with van der Waals surface area (Å²) in [6.45, 7) is 0.152. The van der Waals surface area contributed by atoms with Gasteiger partial charge in [-0.3, -0.25) is 4.98 Å². The Balaban J connectivity index is 2.04. The van der Waals surface area contributed by atoms with Crippen LogP contribution in [0.15, 0.2) is 47.9 Å². The number of nitrogens with two attached hydrogens (primary N) is 1. The molecular formula is C13H11Cl2N3O. The molecule has 0 spiro atoms. The van der Waals surface area contributed by atoms with Gasteiger partial charge in [0.2, 0.25) is 0 Å². The first-order valence-electron chi connectivity index (χ1n) is 5.47. The van der Waals surface area contributed by atoms with Gasteiger partial charge in [0, 0.05) is 33.6 Å². The van der Waals surface area contributed by atoms with Gasteiger partial charge >= 0.3 is 0 Å². The lowest BCUT2D eigenvalue weighted by Gasteiger charge is -2.06. The van der Waals surface area contributed by atoms with E-state index in [9.17, 15) is 0 Å². The lowest BCUT2D eigenvalue weighted by atomic mass is 10.2. The molecule has 2 rings (SSSR count). The van der Waals surface area contributed by atoms with Crippen molar-refractivity contribution in [1.29, 1.82) is 0 Å². The Morgan fingerprint density at radius 1 is 1.21 bits per heavy atom. The fourth-order valence-electron chi connectivity index (χ4n) is 1.40. The molecule has 0 saturated carbocycles. The predicted octanol–water partition coefficient (Wildman–Crippen LogP) is 3.23. The van der Waals surface area contributed by atoms with Crippen molar-refractivity contribution < 1.29 is 4.84 Å². The summed E-state index contributed by atoms with van der Waals surface area (Å²) < 4.78 is 0. The summed E-state index contributed by atoms with van der Waals surface area (Å²) in [5.74, 6) is 0.247. The zero-order valence-electron chi connectivity index (χ0n) is 9.88. The smallest absolute Gasteiger partial charge is 0.171 e. The Hall–Kier alpha value is -1.78. The predicted molar refractivity (Wildman–Crippen MR) is 76.2 cm³/mol. The van der Waals surface area contributed by atoms with Crippen LogP contribution in [0.5, 0.6) is 0 Å². The van der Waals surface area contributed by atoms with Crippen LogP contribution in [0.25, 0.3) is 0 Å². The van der Waals surface area contributed by atoms with E-state index in [0.29, 0.717) is 21.2 Å². The molecule has 1 aromatic carbocycles. The molecule has 2 N–H and O–H groups in total. The minimum Gasteiger partial charge on any atom is -0.389 e. The van der Waals surface area contributed by atoms with Crippen molar-refractivity contribution in [3.8, 4) is 0 Å². The monoisotopic (exact) mass is 295 g/mol. The quantitative estimate of drug-likeness (QED) is 0.535. The molecule has 0 aliphatic heterocycles. The third-order valence-corrected chi connectivity index (χ3v) is 3.10. The summed E-state index contributed by atoms with van der Waals surface area (Å²) in [5, 5.41) is 4.87. The topological polar surface area (TPSA) is 60.5 Å². The number of benzene rings is 1. The zero-order valence-corrected chi connectivity index (χ0v) is 11.4. The van der Waals surface area contributed by atoms with E-state index in [1.54, 1.807) is 42.7 Å². The van der Waals surface area contributed by atoms with Crippen molar-refractivity contribution >= 4 is 29.0 Å². The second kappa shape index (κ2) is 6.41. The highest BCUT2D eigenvalue weighted by Gasteiger charge is 2.06. The van der Waals surface area contributed by atoms with E-state index >= 15 is 0 Å². The normalized spacial score (nSPS) is 11.4. The van der Waals surface area contributed by atoms with Gasteiger partial charge in [0.05, 0.1) is 0 Å². The van der Waals surface area contributed by atoms with Gasteiger partial charge in [0.15, 0.2) is 5.84 Å². The number of oxime groups is 1. The largest absolute Gasteiger partial charge is 0.389 e.